The van der Waals surface area contributed by atoms with E-state index in [9.17, 15) is 0 Å². The van der Waals surface area contributed by atoms with E-state index in [2.05, 4.69) is 5.16 Å². The number of oxime groups is 1. The average Bonchev–Trinajstić information content (AvgIpc) is 2.21. The van der Waals surface area contributed by atoms with Gasteiger partial charge in [-0.15, -0.1) is 0 Å². The topological polar surface area (TPSA) is 67.8 Å². The number of benzene rings is 1. The lowest BCUT2D eigenvalue weighted by molar-refractivity contribution is 0.317. The lowest BCUT2D eigenvalue weighted by Crippen LogP contribution is -2.14. The minimum absolute atomic E-state index is 0.203. The zero-order valence-corrected chi connectivity index (χ0v) is 8.10. The van der Waals surface area contributed by atoms with Crippen molar-refractivity contribution < 1.29 is 9.94 Å². The molecule has 0 saturated heterocycles. The van der Waals surface area contributed by atoms with Crippen molar-refractivity contribution >= 4 is 5.84 Å². The molecule has 4 heteroatoms. The fourth-order valence-corrected chi connectivity index (χ4v) is 1.11. The molecule has 0 radical (unpaired) electrons. The van der Waals surface area contributed by atoms with E-state index in [0.29, 0.717) is 13.0 Å². The zero-order valence-electron chi connectivity index (χ0n) is 8.10. The third-order valence-electron chi connectivity index (χ3n) is 1.75. The van der Waals surface area contributed by atoms with Gasteiger partial charge in [-0.2, -0.15) is 0 Å². The molecule has 0 atom stereocenters. The predicted molar refractivity (Wildman–Crippen MR) is 54.7 cm³/mol. The first-order chi connectivity index (χ1) is 6.76. The molecule has 0 aliphatic carbocycles. The summed E-state index contributed by atoms with van der Waals surface area (Å²) in [6, 6.07) is 7.51. The number of hydrogen-bond acceptors (Lipinski definition) is 3. The molecule has 0 spiro atoms. The van der Waals surface area contributed by atoms with Gasteiger partial charge in [0.05, 0.1) is 6.61 Å². The summed E-state index contributed by atoms with van der Waals surface area (Å²) in [5.41, 5.74) is 6.36. The number of nitrogens with zero attached hydrogens (tertiary/aromatic N) is 1. The van der Waals surface area contributed by atoms with Gasteiger partial charge in [0.2, 0.25) is 0 Å². The van der Waals surface area contributed by atoms with Crippen LogP contribution in [0.1, 0.15) is 12.5 Å². The maximum atomic E-state index is 8.37. The highest BCUT2D eigenvalue weighted by molar-refractivity contribution is 5.81. The Morgan fingerprint density at radius 3 is 2.57 bits per heavy atom. The zero-order chi connectivity index (χ0) is 10.4. The van der Waals surface area contributed by atoms with Gasteiger partial charge < -0.3 is 15.7 Å². The van der Waals surface area contributed by atoms with Gasteiger partial charge in [-0.25, -0.2) is 0 Å². The number of amidine groups is 1. The second kappa shape index (κ2) is 5.11. The van der Waals surface area contributed by atoms with E-state index in [1.54, 1.807) is 0 Å². The molecule has 0 saturated carbocycles. The fourth-order valence-electron chi connectivity index (χ4n) is 1.11. The van der Waals surface area contributed by atoms with Gasteiger partial charge in [0.15, 0.2) is 0 Å². The van der Waals surface area contributed by atoms with Gasteiger partial charge in [0.1, 0.15) is 11.6 Å². The van der Waals surface area contributed by atoms with Gasteiger partial charge in [-0.05, 0) is 24.6 Å². The number of nitrogens with two attached hydrogens (primary N) is 1. The Morgan fingerprint density at radius 2 is 2.07 bits per heavy atom. The fraction of sp³-hybridized carbons (Fsp3) is 0.300. The summed E-state index contributed by atoms with van der Waals surface area (Å²) in [6.07, 6.45) is 0.447. The van der Waals surface area contributed by atoms with Crippen LogP contribution in [0.3, 0.4) is 0 Å². The smallest absolute Gasteiger partial charge is 0.143 e. The molecule has 1 rings (SSSR count). The second-order valence-corrected chi connectivity index (χ2v) is 2.85. The summed E-state index contributed by atoms with van der Waals surface area (Å²) in [6.45, 7) is 2.59. The molecule has 76 valence electrons. The maximum Gasteiger partial charge on any atom is 0.143 e. The van der Waals surface area contributed by atoms with E-state index < -0.39 is 0 Å². The molecule has 0 aliphatic rings. The molecule has 0 fully saturated rings. The first-order valence-electron chi connectivity index (χ1n) is 4.44. The van der Waals surface area contributed by atoms with Crippen LogP contribution >= 0.6 is 0 Å². The SMILES string of the molecule is CCOc1ccc(C/C(N)=N\O)cc1. The first kappa shape index (κ1) is 10.4. The van der Waals surface area contributed by atoms with Crippen molar-refractivity contribution in [3.8, 4) is 5.75 Å². The Morgan fingerprint density at radius 1 is 1.43 bits per heavy atom. The molecule has 0 bridgehead atoms. The van der Waals surface area contributed by atoms with Crippen LogP contribution in [0.4, 0.5) is 0 Å². The van der Waals surface area contributed by atoms with Crippen molar-refractivity contribution in [2.24, 2.45) is 10.9 Å². The number of ether oxygens (including phenoxy) is 1. The van der Waals surface area contributed by atoms with Crippen LogP contribution in [0.25, 0.3) is 0 Å². The Bertz CT molecular complexity index is 306. The largest absolute Gasteiger partial charge is 0.494 e. The van der Waals surface area contributed by atoms with Crippen molar-refractivity contribution in [3.05, 3.63) is 29.8 Å². The van der Waals surface area contributed by atoms with Crippen LogP contribution in [0.15, 0.2) is 29.4 Å². The summed E-state index contributed by atoms with van der Waals surface area (Å²) >= 11 is 0. The van der Waals surface area contributed by atoms with Gasteiger partial charge in [0.25, 0.3) is 0 Å². The van der Waals surface area contributed by atoms with Gasteiger partial charge >= 0.3 is 0 Å². The molecular formula is C10H14N2O2. The molecule has 1 aromatic rings. The van der Waals surface area contributed by atoms with Gasteiger partial charge in [0, 0.05) is 6.42 Å². The van der Waals surface area contributed by atoms with Crippen molar-refractivity contribution in [3.63, 3.8) is 0 Å². The Balaban J connectivity index is 2.64. The summed E-state index contributed by atoms with van der Waals surface area (Å²) in [4.78, 5) is 0. The van der Waals surface area contributed by atoms with Crippen molar-refractivity contribution in [2.75, 3.05) is 6.61 Å². The molecule has 0 unspecified atom stereocenters. The van der Waals surface area contributed by atoms with Crippen molar-refractivity contribution in [2.45, 2.75) is 13.3 Å². The summed E-state index contributed by atoms with van der Waals surface area (Å²) < 4.78 is 5.28. The predicted octanol–water partition coefficient (Wildman–Crippen LogP) is 1.37. The first-order valence-corrected chi connectivity index (χ1v) is 4.44. The number of hydrogen-bond donors (Lipinski definition) is 2. The molecule has 0 aromatic heterocycles. The Hall–Kier alpha value is -1.71. The van der Waals surface area contributed by atoms with E-state index in [4.69, 9.17) is 15.7 Å². The van der Waals surface area contributed by atoms with Gasteiger partial charge in [-0.1, -0.05) is 17.3 Å². The van der Waals surface area contributed by atoms with E-state index in [1.807, 2.05) is 31.2 Å². The third kappa shape index (κ3) is 2.97. The summed E-state index contributed by atoms with van der Waals surface area (Å²) in [5.74, 6) is 1.03. The minimum atomic E-state index is 0.203. The van der Waals surface area contributed by atoms with Crippen LogP contribution in [-0.4, -0.2) is 17.6 Å². The van der Waals surface area contributed by atoms with Crippen LogP contribution < -0.4 is 10.5 Å². The molecule has 3 N–H and O–H groups in total. The Labute approximate surface area is 83.0 Å². The molecule has 14 heavy (non-hydrogen) atoms. The molecular weight excluding hydrogens is 180 g/mol. The molecule has 0 aliphatic heterocycles. The molecule has 4 nitrogen and oxygen atoms in total. The van der Waals surface area contributed by atoms with E-state index >= 15 is 0 Å². The number of rotatable bonds is 4. The normalized spacial score (nSPS) is 11.4. The van der Waals surface area contributed by atoms with Crippen LogP contribution in [0.5, 0.6) is 5.75 Å². The summed E-state index contributed by atoms with van der Waals surface area (Å²) in [7, 11) is 0. The van der Waals surface area contributed by atoms with Gasteiger partial charge in [-0.3, -0.25) is 0 Å². The van der Waals surface area contributed by atoms with E-state index in [0.717, 1.165) is 11.3 Å². The molecule has 1 aromatic carbocycles. The third-order valence-corrected chi connectivity index (χ3v) is 1.75. The summed E-state index contributed by atoms with van der Waals surface area (Å²) in [5, 5.41) is 11.3. The standard InChI is InChI=1S/C10H14N2O2/c1-2-14-9-5-3-8(4-6-9)7-10(11)12-13/h3-6,13H,2,7H2,1H3,(H2,11,12). The second-order valence-electron chi connectivity index (χ2n) is 2.85. The molecule has 0 heterocycles. The highest BCUT2D eigenvalue weighted by Crippen LogP contribution is 2.12. The monoisotopic (exact) mass is 194 g/mol. The Kier molecular flexibility index (Phi) is 3.79. The quantitative estimate of drug-likeness (QED) is 0.329. The maximum absolute atomic E-state index is 8.37. The average molecular weight is 194 g/mol. The van der Waals surface area contributed by atoms with Crippen LogP contribution in [0.2, 0.25) is 0 Å². The minimum Gasteiger partial charge on any atom is -0.494 e. The van der Waals surface area contributed by atoms with E-state index in [-0.39, 0.29) is 5.84 Å². The van der Waals surface area contributed by atoms with Crippen LogP contribution in [0, 0.1) is 0 Å². The molecule has 0 amide bonds. The highest BCUT2D eigenvalue weighted by Gasteiger charge is 1.97. The lowest BCUT2D eigenvalue weighted by atomic mass is 10.1. The van der Waals surface area contributed by atoms with E-state index in [1.165, 1.54) is 0 Å². The lowest BCUT2D eigenvalue weighted by Gasteiger charge is -2.03. The van der Waals surface area contributed by atoms with Crippen LogP contribution in [-0.2, 0) is 6.42 Å². The van der Waals surface area contributed by atoms with Crippen molar-refractivity contribution in [1.29, 1.82) is 0 Å². The highest BCUT2D eigenvalue weighted by atomic mass is 16.5. The van der Waals surface area contributed by atoms with Crippen molar-refractivity contribution in [1.82, 2.24) is 0 Å².